The molecule has 0 saturated carbocycles. The standard InChI is InChI=1S/C20H20F3N5O2S/c1-26(12-17-24-14-6-2-3-7-15(14)31-17)18(29)19(30)27-9-4-5-13(11-27)28-10-8-16(25-28)20(21,22)23/h2-3,6-8,10,13H,4-5,9,11-12H2,1H3. The zero-order valence-electron chi connectivity index (χ0n) is 16.7. The number of carbonyl (C=O) groups excluding carboxylic acids is 2. The molecule has 1 unspecified atom stereocenters. The van der Waals surface area contributed by atoms with Crippen molar-refractivity contribution in [2.45, 2.75) is 31.6 Å². The number of carbonyl (C=O) groups is 2. The number of piperidine rings is 1. The number of thiazole rings is 1. The van der Waals surface area contributed by atoms with E-state index in [0.29, 0.717) is 19.4 Å². The van der Waals surface area contributed by atoms with Crippen molar-refractivity contribution in [2.24, 2.45) is 0 Å². The molecule has 4 rings (SSSR count). The molecule has 3 heterocycles. The molecule has 31 heavy (non-hydrogen) atoms. The summed E-state index contributed by atoms with van der Waals surface area (Å²) in [5.74, 6) is -1.34. The van der Waals surface area contributed by atoms with E-state index in [1.165, 1.54) is 39.1 Å². The number of likely N-dealkylation sites (N-methyl/N-ethyl adjacent to an activating group) is 1. The first-order valence-corrected chi connectivity index (χ1v) is 10.5. The van der Waals surface area contributed by atoms with E-state index in [-0.39, 0.29) is 13.1 Å². The second kappa shape index (κ2) is 8.29. The summed E-state index contributed by atoms with van der Waals surface area (Å²) in [4.78, 5) is 32.6. The average Bonchev–Trinajstić information content (AvgIpc) is 3.39. The molecule has 1 atom stereocenters. The SMILES string of the molecule is CN(Cc1nc2ccccc2s1)C(=O)C(=O)N1CCCC(n2ccc(C(F)(F)F)n2)C1. The van der Waals surface area contributed by atoms with Gasteiger partial charge in [0.1, 0.15) is 5.01 Å². The Morgan fingerprint density at radius 3 is 2.74 bits per heavy atom. The van der Waals surface area contributed by atoms with Gasteiger partial charge in [0.05, 0.1) is 22.8 Å². The maximum absolute atomic E-state index is 12.8. The Morgan fingerprint density at radius 2 is 2.03 bits per heavy atom. The summed E-state index contributed by atoms with van der Waals surface area (Å²) in [7, 11) is 1.54. The van der Waals surface area contributed by atoms with Crippen molar-refractivity contribution in [3.05, 3.63) is 47.2 Å². The Kier molecular flexibility index (Phi) is 5.69. The third-order valence-electron chi connectivity index (χ3n) is 5.20. The van der Waals surface area contributed by atoms with Gasteiger partial charge in [-0.05, 0) is 31.0 Å². The van der Waals surface area contributed by atoms with Gasteiger partial charge < -0.3 is 9.80 Å². The van der Waals surface area contributed by atoms with Crippen LogP contribution in [0.4, 0.5) is 13.2 Å². The van der Waals surface area contributed by atoms with Crippen molar-refractivity contribution >= 4 is 33.4 Å². The second-order valence-corrected chi connectivity index (χ2v) is 8.58. The Hall–Kier alpha value is -2.95. The Morgan fingerprint density at radius 1 is 1.26 bits per heavy atom. The number of likely N-dealkylation sites (tertiary alicyclic amines) is 1. The molecule has 1 aromatic carbocycles. The van der Waals surface area contributed by atoms with E-state index < -0.39 is 29.7 Å². The highest BCUT2D eigenvalue weighted by Gasteiger charge is 2.35. The highest BCUT2D eigenvalue weighted by atomic mass is 32.1. The van der Waals surface area contributed by atoms with Gasteiger partial charge in [-0.1, -0.05) is 12.1 Å². The van der Waals surface area contributed by atoms with Crippen LogP contribution in [-0.2, 0) is 22.3 Å². The molecule has 1 saturated heterocycles. The van der Waals surface area contributed by atoms with Gasteiger partial charge in [0.15, 0.2) is 5.69 Å². The Bertz CT molecular complexity index is 1080. The molecule has 3 aromatic rings. The first kappa shape index (κ1) is 21.3. The van der Waals surface area contributed by atoms with Gasteiger partial charge >= 0.3 is 18.0 Å². The molecule has 1 aliphatic rings. The molecule has 0 bridgehead atoms. The monoisotopic (exact) mass is 451 g/mol. The lowest BCUT2D eigenvalue weighted by atomic mass is 10.1. The van der Waals surface area contributed by atoms with Crippen molar-refractivity contribution in [2.75, 3.05) is 20.1 Å². The zero-order chi connectivity index (χ0) is 22.2. The minimum atomic E-state index is -4.52. The van der Waals surface area contributed by atoms with Crippen LogP contribution in [0.2, 0.25) is 0 Å². The molecule has 0 N–H and O–H groups in total. The summed E-state index contributed by atoms with van der Waals surface area (Å²) < 4.78 is 40.7. The van der Waals surface area contributed by atoms with Crippen molar-refractivity contribution in [1.82, 2.24) is 24.6 Å². The summed E-state index contributed by atoms with van der Waals surface area (Å²) in [6, 6.07) is 8.13. The topological polar surface area (TPSA) is 71.3 Å². The largest absolute Gasteiger partial charge is 0.435 e. The van der Waals surface area contributed by atoms with Crippen molar-refractivity contribution in [3.8, 4) is 0 Å². The number of amides is 2. The van der Waals surface area contributed by atoms with Crippen molar-refractivity contribution in [3.63, 3.8) is 0 Å². The lowest BCUT2D eigenvalue weighted by molar-refractivity contribution is -0.152. The quantitative estimate of drug-likeness (QED) is 0.573. The molecule has 1 fully saturated rings. The predicted molar refractivity (Wildman–Crippen MR) is 108 cm³/mol. The fourth-order valence-corrected chi connectivity index (χ4v) is 4.63. The van der Waals surface area contributed by atoms with Gasteiger partial charge in [0, 0.05) is 26.3 Å². The van der Waals surface area contributed by atoms with E-state index in [1.54, 1.807) is 0 Å². The molecule has 7 nitrogen and oxygen atoms in total. The van der Waals surface area contributed by atoms with Crippen molar-refractivity contribution < 1.29 is 22.8 Å². The predicted octanol–water partition coefficient (Wildman–Crippen LogP) is 3.33. The van der Waals surface area contributed by atoms with E-state index in [9.17, 15) is 22.8 Å². The van der Waals surface area contributed by atoms with Crippen LogP contribution >= 0.6 is 11.3 Å². The van der Waals surface area contributed by atoms with Crippen LogP contribution in [0.25, 0.3) is 10.2 Å². The fourth-order valence-electron chi connectivity index (χ4n) is 3.61. The van der Waals surface area contributed by atoms with Crippen LogP contribution < -0.4 is 0 Å². The van der Waals surface area contributed by atoms with E-state index in [4.69, 9.17) is 0 Å². The molecule has 1 aliphatic heterocycles. The van der Waals surface area contributed by atoms with Crippen molar-refractivity contribution in [1.29, 1.82) is 0 Å². The van der Waals surface area contributed by atoms with Gasteiger partial charge in [-0.15, -0.1) is 11.3 Å². The minimum Gasteiger partial charge on any atom is -0.332 e. The highest BCUT2D eigenvalue weighted by Crippen LogP contribution is 2.29. The summed E-state index contributed by atoms with van der Waals surface area (Å²) in [6.07, 6.45) is -2.09. The summed E-state index contributed by atoms with van der Waals surface area (Å²) in [5, 5.41) is 4.33. The zero-order valence-corrected chi connectivity index (χ0v) is 17.5. The number of para-hydroxylation sites is 1. The highest BCUT2D eigenvalue weighted by molar-refractivity contribution is 7.18. The summed E-state index contributed by atoms with van der Waals surface area (Å²) in [6.45, 7) is 0.720. The van der Waals surface area contributed by atoms with Gasteiger partial charge in [0.2, 0.25) is 0 Å². The average molecular weight is 451 g/mol. The van der Waals surface area contributed by atoms with Crippen LogP contribution in [0.5, 0.6) is 0 Å². The molecule has 11 heteroatoms. The van der Waals surface area contributed by atoms with Gasteiger partial charge in [-0.2, -0.15) is 18.3 Å². The third kappa shape index (κ3) is 4.55. The summed E-state index contributed by atoms with van der Waals surface area (Å²) >= 11 is 1.46. The normalized spacial score (nSPS) is 17.2. The number of hydrogen-bond donors (Lipinski definition) is 0. The van der Waals surface area contributed by atoms with Crippen LogP contribution in [-0.4, -0.2) is 56.5 Å². The number of nitrogens with zero attached hydrogens (tertiary/aromatic N) is 5. The lowest BCUT2D eigenvalue weighted by Crippen LogP contribution is -2.48. The maximum atomic E-state index is 12.8. The minimum absolute atomic E-state index is 0.137. The van der Waals surface area contributed by atoms with Crippen LogP contribution in [0.1, 0.15) is 29.6 Å². The molecular formula is C20H20F3N5O2S. The van der Waals surface area contributed by atoms with Crippen LogP contribution in [0.15, 0.2) is 36.5 Å². The molecular weight excluding hydrogens is 431 g/mol. The maximum Gasteiger partial charge on any atom is 0.435 e. The first-order valence-electron chi connectivity index (χ1n) is 9.73. The van der Waals surface area contributed by atoms with Crippen LogP contribution in [0, 0.1) is 0 Å². The first-order chi connectivity index (χ1) is 14.7. The van der Waals surface area contributed by atoms with E-state index in [1.807, 2.05) is 24.3 Å². The molecule has 2 aromatic heterocycles. The van der Waals surface area contributed by atoms with E-state index in [2.05, 4.69) is 10.1 Å². The number of hydrogen-bond acceptors (Lipinski definition) is 5. The van der Waals surface area contributed by atoms with Gasteiger partial charge in [-0.3, -0.25) is 14.3 Å². The number of rotatable bonds is 3. The van der Waals surface area contributed by atoms with Gasteiger partial charge in [0.25, 0.3) is 0 Å². The molecule has 0 radical (unpaired) electrons. The molecule has 0 aliphatic carbocycles. The molecule has 0 spiro atoms. The second-order valence-electron chi connectivity index (χ2n) is 7.46. The van der Waals surface area contributed by atoms with Crippen LogP contribution in [0.3, 0.4) is 0 Å². The van der Waals surface area contributed by atoms with Gasteiger partial charge in [-0.25, -0.2) is 4.98 Å². The smallest absolute Gasteiger partial charge is 0.332 e. The van der Waals surface area contributed by atoms with E-state index in [0.717, 1.165) is 21.3 Å². The number of alkyl halides is 3. The number of halogens is 3. The number of aromatic nitrogens is 3. The summed E-state index contributed by atoms with van der Waals surface area (Å²) in [5.41, 5.74) is -0.131. The lowest BCUT2D eigenvalue weighted by Gasteiger charge is -2.33. The third-order valence-corrected chi connectivity index (χ3v) is 6.22. The fraction of sp³-hybridized carbons (Fsp3) is 0.400. The molecule has 2 amide bonds. The number of fused-ring (bicyclic) bond motifs is 1. The molecule has 164 valence electrons. The number of benzene rings is 1. The van der Waals surface area contributed by atoms with E-state index >= 15 is 0 Å². The Balaban J connectivity index is 1.40. The Labute approximate surface area is 180 Å².